The predicted octanol–water partition coefficient (Wildman–Crippen LogP) is 0.863. The van der Waals surface area contributed by atoms with E-state index in [2.05, 4.69) is 10.6 Å². The topological polar surface area (TPSA) is 122 Å². The number of aldehydes is 1. The minimum Gasteiger partial charge on any atom is -0.480 e. The molecule has 3 rings (SSSR count). The highest BCUT2D eigenvalue weighted by molar-refractivity contribution is 8.01. The summed E-state index contributed by atoms with van der Waals surface area (Å²) in [4.78, 5) is 35.4. The monoisotopic (exact) mass is 383 g/mol. The number of hydrogen-bond acceptors (Lipinski definition) is 7. The molecule has 2 aliphatic rings. The molecule has 1 aliphatic carbocycles. The smallest absolute Gasteiger partial charge is 0.320 e. The number of thioether (sulfide) groups is 1. The number of carbonyl (C=O) groups is 3. The molecule has 5 N–H and O–H groups in total. The lowest BCUT2D eigenvalue weighted by atomic mass is 10.1. The molecule has 1 aromatic rings. The first-order valence-corrected chi connectivity index (χ1v) is 10.0. The van der Waals surface area contributed by atoms with Gasteiger partial charge in [-0.3, -0.25) is 9.59 Å². The number of carboxylic acid groups (broad SMARTS) is 1. The minimum absolute atomic E-state index is 0.0852. The third-order valence-electron chi connectivity index (χ3n) is 4.54. The Labute approximate surface area is 153 Å². The van der Waals surface area contributed by atoms with Crippen molar-refractivity contribution in [3.05, 3.63) is 16.0 Å². The van der Waals surface area contributed by atoms with Crippen LogP contribution < -0.4 is 16.4 Å². The molecule has 0 bridgehead atoms. The summed E-state index contributed by atoms with van der Waals surface area (Å²) in [5.74, 6) is -1.29. The average Bonchev–Trinajstić information content (AvgIpc) is 3.25. The highest BCUT2D eigenvalue weighted by atomic mass is 32.2. The molecule has 0 radical (unpaired) electrons. The fourth-order valence-corrected chi connectivity index (χ4v) is 5.89. The Balaban J connectivity index is 1.60. The molecule has 25 heavy (non-hydrogen) atoms. The molecule has 3 unspecified atom stereocenters. The van der Waals surface area contributed by atoms with Crippen molar-refractivity contribution in [1.82, 2.24) is 5.32 Å². The normalized spacial score (nSPS) is 23.2. The fraction of sp³-hybridized carbons (Fsp3) is 0.562. The van der Waals surface area contributed by atoms with Gasteiger partial charge in [-0.25, -0.2) is 0 Å². The summed E-state index contributed by atoms with van der Waals surface area (Å²) in [7, 11) is 0. The number of carbonyl (C=O) groups excluding carboxylic acids is 2. The van der Waals surface area contributed by atoms with Crippen LogP contribution in [0.5, 0.6) is 0 Å². The predicted molar refractivity (Wildman–Crippen MR) is 98.6 cm³/mol. The largest absolute Gasteiger partial charge is 0.480 e. The van der Waals surface area contributed by atoms with Crippen LogP contribution in [0.1, 0.15) is 33.6 Å². The molecule has 1 saturated heterocycles. The van der Waals surface area contributed by atoms with Gasteiger partial charge < -0.3 is 26.3 Å². The summed E-state index contributed by atoms with van der Waals surface area (Å²) in [6.45, 7) is 0.966. The Kier molecular flexibility index (Phi) is 5.65. The molecule has 2 heterocycles. The Hall–Kier alpha value is -1.58. The van der Waals surface area contributed by atoms with Crippen molar-refractivity contribution in [3.8, 4) is 0 Å². The lowest BCUT2D eigenvalue weighted by molar-refractivity contribution is -0.139. The maximum atomic E-state index is 11.8. The number of rotatable bonds is 8. The molecule has 1 amide bonds. The summed E-state index contributed by atoms with van der Waals surface area (Å²) in [6.07, 6.45) is 4.27. The molecule has 1 aromatic heterocycles. The number of fused-ring (bicyclic) bond motifs is 1. The zero-order valence-electron chi connectivity index (χ0n) is 13.6. The van der Waals surface area contributed by atoms with E-state index in [9.17, 15) is 14.4 Å². The first-order chi connectivity index (χ1) is 12.0. The van der Waals surface area contributed by atoms with E-state index >= 15 is 0 Å². The van der Waals surface area contributed by atoms with Gasteiger partial charge in [-0.2, -0.15) is 0 Å². The highest BCUT2D eigenvalue weighted by Crippen LogP contribution is 2.39. The Morgan fingerprint density at radius 1 is 1.48 bits per heavy atom. The summed E-state index contributed by atoms with van der Waals surface area (Å²) < 4.78 is 0. The van der Waals surface area contributed by atoms with Gasteiger partial charge >= 0.3 is 5.97 Å². The number of aryl methyl sites for hydroxylation is 1. The first-order valence-electron chi connectivity index (χ1n) is 8.24. The van der Waals surface area contributed by atoms with Crippen molar-refractivity contribution in [1.29, 1.82) is 0 Å². The van der Waals surface area contributed by atoms with Crippen LogP contribution in [0.15, 0.2) is 0 Å². The van der Waals surface area contributed by atoms with Gasteiger partial charge in [0.15, 0.2) is 0 Å². The molecule has 0 spiro atoms. The Morgan fingerprint density at radius 3 is 2.92 bits per heavy atom. The van der Waals surface area contributed by atoms with Crippen LogP contribution >= 0.6 is 23.1 Å². The van der Waals surface area contributed by atoms with Crippen molar-refractivity contribution >= 4 is 46.3 Å². The highest BCUT2D eigenvalue weighted by Gasteiger charge is 2.31. The summed E-state index contributed by atoms with van der Waals surface area (Å²) in [5.41, 5.74) is 7.16. The van der Waals surface area contributed by atoms with E-state index in [1.54, 1.807) is 11.3 Å². The zero-order chi connectivity index (χ0) is 18.0. The molecule has 3 atom stereocenters. The number of nitrogens with two attached hydrogens (primary N) is 1. The number of primary amides is 1. The maximum absolute atomic E-state index is 11.8. The van der Waals surface area contributed by atoms with Crippen molar-refractivity contribution in [2.75, 3.05) is 18.4 Å². The second-order valence-corrected chi connectivity index (χ2v) is 8.92. The third kappa shape index (κ3) is 3.99. The summed E-state index contributed by atoms with van der Waals surface area (Å²) in [5, 5.41) is 15.7. The maximum Gasteiger partial charge on any atom is 0.320 e. The van der Waals surface area contributed by atoms with Gasteiger partial charge in [0.25, 0.3) is 5.91 Å². The molecular weight excluding hydrogens is 362 g/mol. The SMILES string of the molecule is NC(=O)c1c(NCC(C=O)SC2CNC(C(=O)O)C2)sc2c1CCC2. The number of amides is 1. The molecular formula is C16H21N3O4S2. The quantitative estimate of drug-likeness (QED) is 0.491. The minimum atomic E-state index is -0.858. The fourth-order valence-electron chi connectivity index (χ4n) is 3.35. The number of nitrogens with one attached hydrogen (secondary N) is 2. The van der Waals surface area contributed by atoms with Crippen LogP contribution in [0.25, 0.3) is 0 Å². The van der Waals surface area contributed by atoms with Crippen LogP contribution in [0.2, 0.25) is 0 Å². The van der Waals surface area contributed by atoms with Crippen molar-refractivity contribution in [2.45, 2.75) is 42.2 Å². The van der Waals surface area contributed by atoms with E-state index in [0.717, 1.165) is 36.1 Å². The van der Waals surface area contributed by atoms with Crippen LogP contribution in [0, 0.1) is 0 Å². The molecule has 7 nitrogen and oxygen atoms in total. The molecule has 0 aromatic carbocycles. The second-order valence-electron chi connectivity index (χ2n) is 6.27. The van der Waals surface area contributed by atoms with E-state index in [1.807, 2.05) is 0 Å². The van der Waals surface area contributed by atoms with Crippen molar-refractivity contribution in [2.24, 2.45) is 5.73 Å². The van der Waals surface area contributed by atoms with Crippen LogP contribution in [0.3, 0.4) is 0 Å². The molecule has 1 aliphatic heterocycles. The van der Waals surface area contributed by atoms with E-state index in [0.29, 0.717) is 25.1 Å². The van der Waals surface area contributed by atoms with Gasteiger partial charge in [0, 0.05) is 23.2 Å². The van der Waals surface area contributed by atoms with E-state index in [1.165, 1.54) is 16.6 Å². The number of aliphatic carboxylic acids is 1. The number of anilines is 1. The summed E-state index contributed by atoms with van der Waals surface area (Å²) >= 11 is 3.02. The van der Waals surface area contributed by atoms with Gasteiger partial charge in [-0.15, -0.1) is 23.1 Å². The van der Waals surface area contributed by atoms with Gasteiger partial charge in [0.2, 0.25) is 0 Å². The number of thiophene rings is 1. The first kappa shape index (κ1) is 18.2. The lowest BCUT2D eigenvalue weighted by Gasteiger charge is -2.16. The van der Waals surface area contributed by atoms with Crippen LogP contribution in [0.4, 0.5) is 5.00 Å². The van der Waals surface area contributed by atoms with Crippen LogP contribution in [-0.4, -0.2) is 52.9 Å². The van der Waals surface area contributed by atoms with Crippen molar-refractivity contribution in [3.63, 3.8) is 0 Å². The van der Waals surface area contributed by atoms with E-state index in [-0.39, 0.29) is 10.5 Å². The third-order valence-corrected chi connectivity index (χ3v) is 7.16. The van der Waals surface area contributed by atoms with E-state index in [4.69, 9.17) is 10.8 Å². The van der Waals surface area contributed by atoms with Crippen LogP contribution in [-0.2, 0) is 22.4 Å². The average molecular weight is 383 g/mol. The van der Waals surface area contributed by atoms with Crippen molar-refractivity contribution < 1.29 is 19.5 Å². The Bertz CT molecular complexity index is 691. The van der Waals surface area contributed by atoms with E-state index < -0.39 is 17.9 Å². The molecule has 0 saturated carbocycles. The van der Waals surface area contributed by atoms with Gasteiger partial charge in [0.1, 0.15) is 17.3 Å². The molecule has 1 fully saturated rings. The lowest BCUT2D eigenvalue weighted by Crippen LogP contribution is -2.29. The number of carboxylic acids is 1. The Morgan fingerprint density at radius 2 is 2.28 bits per heavy atom. The van der Waals surface area contributed by atoms with Gasteiger partial charge in [-0.05, 0) is 31.2 Å². The molecule has 9 heteroatoms. The number of hydrogen-bond donors (Lipinski definition) is 4. The summed E-state index contributed by atoms with van der Waals surface area (Å²) in [6, 6.07) is -0.542. The molecule has 136 valence electrons. The second kappa shape index (κ2) is 7.76. The van der Waals surface area contributed by atoms with Gasteiger partial charge in [-0.1, -0.05) is 0 Å². The standard InChI is InChI=1S/C16H21N3O4S2/c17-14(21)13-10-2-1-3-12(10)25-15(13)19-6-9(7-20)24-8-4-11(16(22)23)18-5-8/h7-9,11,18-19H,1-6H2,(H2,17,21)(H,22,23). The zero-order valence-corrected chi connectivity index (χ0v) is 15.3. The van der Waals surface area contributed by atoms with Gasteiger partial charge in [0.05, 0.1) is 10.8 Å².